The van der Waals surface area contributed by atoms with E-state index in [4.69, 9.17) is 9.84 Å². The Labute approximate surface area is 93.2 Å². The van der Waals surface area contributed by atoms with Crippen molar-refractivity contribution in [2.45, 2.75) is 6.42 Å². The Morgan fingerprint density at radius 2 is 1.88 bits per heavy atom. The van der Waals surface area contributed by atoms with Gasteiger partial charge in [-0.1, -0.05) is 30.3 Å². The van der Waals surface area contributed by atoms with E-state index < -0.39 is 11.9 Å². The van der Waals surface area contributed by atoms with Crippen molar-refractivity contribution in [2.24, 2.45) is 0 Å². The largest absolute Gasteiger partial charge is 0.478 e. The monoisotopic (exact) mass is 220 g/mol. The van der Waals surface area contributed by atoms with Gasteiger partial charge in [0, 0.05) is 18.6 Å². The van der Waals surface area contributed by atoms with Crippen molar-refractivity contribution < 1.29 is 19.4 Å². The number of esters is 1. The standard InChI is InChI=1S/C12H12O4/c13-11(14)6-7-12(15)16-9-8-10-4-2-1-3-5-10/h1-7H,8-9H2,(H,13,14)/b7-6+. The maximum absolute atomic E-state index is 11.0. The summed E-state index contributed by atoms with van der Waals surface area (Å²) in [4.78, 5) is 21.1. The van der Waals surface area contributed by atoms with Crippen LogP contribution >= 0.6 is 0 Å². The van der Waals surface area contributed by atoms with E-state index in [9.17, 15) is 9.59 Å². The minimum atomic E-state index is -1.17. The van der Waals surface area contributed by atoms with E-state index in [1.54, 1.807) is 0 Å². The molecule has 1 aromatic rings. The average Bonchev–Trinajstić information content (AvgIpc) is 2.28. The van der Waals surface area contributed by atoms with E-state index in [2.05, 4.69) is 0 Å². The van der Waals surface area contributed by atoms with Crippen molar-refractivity contribution in [3.05, 3.63) is 48.0 Å². The third-order valence-corrected chi connectivity index (χ3v) is 1.84. The summed E-state index contributed by atoms with van der Waals surface area (Å²) in [5, 5.41) is 8.27. The van der Waals surface area contributed by atoms with Crippen LogP contribution in [0.2, 0.25) is 0 Å². The highest BCUT2D eigenvalue weighted by molar-refractivity contribution is 5.90. The van der Waals surface area contributed by atoms with Gasteiger partial charge >= 0.3 is 11.9 Å². The number of ether oxygens (including phenoxy) is 1. The highest BCUT2D eigenvalue weighted by Crippen LogP contribution is 1.99. The summed E-state index contributed by atoms with van der Waals surface area (Å²) in [5.74, 6) is -1.81. The zero-order chi connectivity index (χ0) is 11.8. The van der Waals surface area contributed by atoms with Crippen molar-refractivity contribution in [3.63, 3.8) is 0 Å². The number of benzene rings is 1. The Hall–Kier alpha value is -2.10. The average molecular weight is 220 g/mol. The predicted octanol–water partition coefficient (Wildman–Crippen LogP) is 1.41. The van der Waals surface area contributed by atoms with Gasteiger partial charge in [0.15, 0.2) is 0 Å². The van der Waals surface area contributed by atoms with Gasteiger partial charge in [-0.15, -0.1) is 0 Å². The maximum atomic E-state index is 11.0. The van der Waals surface area contributed by atoms with Crippen molar-refractivity contribution in [3.8, 4) is 0 Å². The van der Waals surface area contributed by atoms with Crippen LogP contribution < -0.4 is 0 Å². The van der Waals surface area contributed by atoms with Crippen LogP contribution in [-0.2, 0) is 20.7 Å². The van der Waals surface area contributed by atoms with Crippen molar-refractivity contribution in [1.82, 2.24) is 0 Å². The number of carbonyl (C=O) groups excluding carboxylic acids is 1. The number of hydrogen-bond acceptors (Lipinski definition) is 3. The van der Waals surface area contributed by atoms with E-state index in [0.717, 1.165) is 17.7 Å². The fourth-order valence-electron chi connectivity index (χ4n) is 1.10. The molecule has 16 heavy (non-hydrogen) atoms. The van der Waals surface area contributed by atoms with E-state index in [0.29, 0.717) is 6.42 Å². The first-order valence-corrected chi connectivity index (χ1v) is 4.80. The van der Waals surface area contributed by atoms with Gasteiger partial charge in [0.25, 0.3) is 0 Å². The van der Waals surface area contributed by atoms with Gasteiger partial charge in [0.05, 0.1) is 6.61 Å². The second-order valence-electron chi connectivity index (χ2n) is 3.07. The molecular weight excluding hydrogens is 208 g/mol. The van der Waals surface area contributed by atoms with Gasteiger partial charge < -0.3 is 9.84 Å². The van der Waals surface area contributed by atoms with Crippen LogP contribution in [0.15, 0.2) is 42.5 Å². The summed E-state index contributed by atoms with van der Waals surface area (Å²) in [5.41, 5.74) is 1.07. The summed E-state index contributed by atoms with van der Waals surface area (Å²) in [6.45, 7) is 0.243. The first-order valence-electron chi connectivity index (χ1n) is 4.80. The second-order valence-corrected chi connectivity index (χ2v) is 3.07. The Bertz CT molecular complexity index is 381. The molecule has 0 unspecified atom stereocenters. The molecule has 4 heteroatoms. The first-order chi connectivity index (χ1) is 7.68. The lowest BCUT2D eigenvalue weighted by molar-refractivity contribution is -0.138. The van der Waals surface area contributed by atoms with Crippen LogP contribution in [0.4, 0.5) is 0 Å². The van der Waals surface area contributed by atoms with Gasteiger partial charge in [-0.2, -0.15) is 0 Å². The molecule has 0 radical (unpaired) electrons. The molecule has 0 amide bonds. The molecule has 0 heterocycles. The van der Waals surface area contributed by atoms with E-state index in [-0.39, 0.29) is 6.61 Å². The Morgan fingerprint density at radius 3 is 2.50 bits per heavy atom. The minimum absolute atomic E-state index is 0.243. The highest BCUT2D eigenvalue weighted by Gasteiger charge is 1.98. The van der Waals surface area contributed by atoms with Gasteiger partial charge in [0.2, 0.25) is 0 Å². The molecule has 0 atom stereocenters. The Morgan fingerprint density at radius 1 is 1.19 bits per heavy atom. The molecule has 0 spiro atoms. The number of carboxylic acids is 1. The van der Waals surface area contributed by atoms with Crippen molar-refractivity contribution in [2.75, 3.05) is 6.61 Å². The molecular formula is C12H12O4. The zero-order valence-corrected chi connectivity index (χ0v) is 8.63. The fraction of sp³-hybridized carbons (Fsp3) is 0.167. The number of aliphatic carboxylic acids is 1. The lowest BCUT2D eigenvalue weighted by Gasteiger charge is -2.01. The summed E-state index contributed by atoms with van der Waals surface area (Å²) < 4.78 is 4.81. The van der Waals surface area contributed by atoms with E-state index in [1.807, 2.05) is 30.3 Å². The molecule has 0 aliphatic carbocycles. The molecule has 1 rings (SSSR count). The van der Waals surface area contributed by atoms with Gasteiger partial charge in [-0.25, -0.2) is 9.59 Å². The van der Waals surface area contributed by atoms with E-state index >= 15 is 0 Å². The van der Waals surface area contributed by atoms with Crippen LogP contribution in [0.3, 0.4) is 0 Å². The van der Waals surface area contributed by atoms with Crippen molar-refractivity contribution in [1.29, 1.82) is 0 Å². The molecule has 0 aromatic heterocycles. The van der Waals surface area contributed by atoms with Crippen LogP contribution in [0.25, 0.3) is 0 Å². The quantitative estimate of drug-likeness (QED) is 0.602. The maximum Gasteiger partial charge on any atom is 0.331 e. The summed E-state index contributed by atoms with van der Waals surface area (Å²) in [6.07, 6.45) is 2.27. The van der Waals surface area contributed by atoms with Gasteiger partial charge in [-0.05, 0) is 5.56 Å². The lowest BCUT2D eigenvalue weighted by Crippen LogP contribution is -2.05. The molecule has 4 nitrogen and oxygen atoms in total. The first kappa shape index (κ1) is 12.0. The lowest BCUT2D eigenvalue weighted by atomic mass is 10.2. The summed E-state index contributed by atoms with van der Waals surface area (Å²) >= 11 is 0. The molecule has 84 valence electrons. The fourth-order valence-corrected chi connectivity index (χ4v) is 1.10. The number of hydrogen-bond donors (Lipinski definition) is 1. The number of carbonyl (C=O) groups is 2. The van der Waals surface area contributed by atoms with Crippen molar-refractivity contribution >= 4 is 11.9 Å². The smallest absolute Gasteiger partial charge is 0.331 e. The normalized spacial score (nSPS) is 10.2. The minimum Gasteiger partial charge on any atom is -0.478 e. The number of carboxylic acid groups (broad SMARTS) is 1. The Balaban J connectivity index is 2.26. The van der Waals surface area contributed by atoms with E-state index in [1.165, 1.54) is 0 Å². The molecule has 0 saturated carbocycles. The Kier molecular flexibility index (Phi) is 4.79. The van der Waals surface area contributed by atoms with Gasteiger partial charge in [-0.3, -0.25) is 0 Å². The molecule has 0 bridgehead atoms. The SMILES string of the molecule is O=C(O)/C=C/C(=O)OCCc1ccccc1. The predicted molar refractivity (Wildman–Crippen MR) is 57.9 cm³/mol. The van der Waals surface area contributed by atoms with Crippen LogP contribution in [0.1, 0.15) is 5.56 Å². The van der Waals surface area contributed by atoms with Crippen LogP contribution in [0, 0.1) is 0 Å². The van der Waals surface area contributed by atoms with Gasteiger partial charge in [0.1, 0.15) is 0 Å². The molecule has 0 aliphatic heterocycles. The molecule has 0 aliphatic rings. The van der Waals surface area contributed by atoms with Crippen LogP contribution in [-0.4, -0.2) is 23.7 Å². The topological polar surface area (TPSA) is 63.6 Å². The molecule has 1 N–H and O–H groups in total. The second kappa shape index (κ2) is 6.40. The summed E-state index contributed by atoms with van der Waals surface area (Å²) in [7, 11) is 0. The third kappa shape index (κ3) is 4.95. The highest BCUT2D eigenvalue weighted by atomic mass is 16.5. The summed E-state index contributed by atoms with van der Waals surface area (Å²) in [6, 6.07) is 9.58. The third-order valence-electron chi connectivity index (χ3n) is 1.84. The molecule has 0 fully saturated rings. The van der Waals surface area contributed by atoms with Crippen LogP contribution in [0.5, 0.6) is 0 Å². The molecule has 0 saturated heterocycles. The number of rotatable bonds is 5. The zero-order valence-electron chi connectivity index (χ0n) is 8.63. The molecule has 1 aromatic carbocycles.